The van der Waals surface area contributed by atoms with Gasteiger partial charge in [0.05, 0.1) is 11.6 Å². The molecule has 0 heterocycles. The first-order valence-electron chi connectivity index (χ1n) is 7.40. The van der Waals surface area contributed by atoms with Crippen LogP contribution in [0.1, 0.15) is 0 Å². The van der Waals surface area contributed by atoms with Gasteiger partial charge in [0.25, 0.3) is 11.8 Å². The number of methoxy groups -OCH3 is 1. The number of carbonyl (C=O) groups excluding carboxylic acids is 2. The van der Waals surface area contributed by atoms with Crippen molar-refractivity contribution < 1.29 is 23.8 Å². The Balaban J connectivity index is 1.68. The zero-order valence-electron chi connectivity index (χ0n) is 13.8. The Hall–Kier alpha value is -2.45. The molecule has 26 heavy (non-hydrogen) atoms. The van der Waals surface area contributed by atoms with Crippen molar-refractivity contribution in [2.45, 2.75) is 0 Å². The van der Waals surface area contributed by atoms with Crippen LogP contribution in [-0.2, 0) is 9.59 Å². The number of halogens is 2. The molecule has 0 aromatic heterocycles. The fraction of sp³-hybridized carbons (Fsp3) is 0.176. The highest BCUT2D eigenvalue weighted by molar-refractivity contribution is 9.10. The van der Waals surface area contributed by atoms with Crippen LogP contribution in [0.5, 0.6) is 17.2 Å². The van der Waals surface area contributed by atoms with E-state index in [1.165, 1.54) is 0 Å². The van der Waals surface area contributed by atoms with Gasteiger partial charge in [-0.1, -0.05) is 11.6 Å². The third-order valence-electron chi connectivity index (χ3n) is 3.02. The largest absolute Gasteiger partial charge is 0.497 e. The van der Waals surface area contributed by atoms with Gasteiger partial charge in [-0.15, -0.1) is 0 Å². The molecule has 0 radical (unpaired) electrons. The maximum absolute atomic E-state index is 11.7. The van der Waals surface area contributed by atoms with Gasteiger partial charge in [0.2, 0.25) is 0 Å². The summed E-state index contributed by atoms with van der Waals surface area (Å²) in [5.74, 6) is 0.606. The Morgan fingerprint density at radius 1 is 0.962 bits per heavy atom. The third kappa shape index (κ3) is 6.45. The maximum Gasteiger partial charge on any atom is 0.276 e. The van der Waals surface area contributed by atoms with Crippen LogP contribution < -0.4 is 25.1 Å². The zero-order chi connectivity index (χ0) is 18.9. The fourth-order valence-electron chi connectivity index (χ4n) is 1.77. The van der Waals surface area contributed by atoms with E-state index in [2.05, 4.69) is 26.8 Å². The summed E-state index contributed by atoms with van der Waals surface area (Å²) in [6.07, 6.45) is 0. The zero-order valence-corrected chi connectivity index (χ0v) is 16.1. The molecule has 0 spiro atoms. The first-order chi connectivity index (χ1) is 12.5. The minimum Gasteiger partial charge on any atom is -0.497 e. The van der Waals surface area contributed by atoms with Crippen LogP contribution in [0.4, 0.5) is 0 Å². The quantitative estimate of drug-likeness (QED) is 0.643. The molecule has 0 aliphatic carbocycles. The van der Waals surface area contributed by atoms with Crippen molar-refractivity contribution in [3.8, 4) is 17.2 Å². The lowest BCUT2D eigenvalue weighted by molar-refractivity contribution is -0.131. The van der Waals surface area contributed by atoms with E-state index in [4.69, 9.17) is 25.8 Å². The van der Waals surface area contributed by atoms with Crippen LogP contribution in [0.25, 0.3) is 0 Å². The van der Waals surface area contributed by atoms with Crippen LogP contribution >= 0.6 is 27.5 Å². The minimum atomic E-state index is -0.523. The molecule has 0 aliphatic heterocycles. The molecule has 9 heteroatoms. The van der Waals surface area contributed by atoms with Gasteiger partial charge in [-0.25, -0.2) is 0 Å². The van der Waals surface area contributed by atoms with Gasteiger partial charge in [0.1, 0.15) is 17.2 Å². The predicted octanol–water partition coefficient (Wildman–Crippen LogP) is 2.72. The molecule has 2 aromatic carbocycles. The minimum absolute atomic E-state index is 0.254. The Morgan fingerprint density at radius 3 is 2.12 bits per heavy atom. The summed E-state index contributed by atoms with van der Waals surface area (Å²) in [7, 11) is 1.56. The Morgan fingerprint density at radius 2 is 1.54 bits per heavy atom. The molecule has 2 N–H and O–H groups in total. The summed E-state index contributed by atoms with van der Waals surface area (Å²) in [5, 5.41) is 0.540. The summed E-state index contributed by atoms with van der Waals surface area (Å²) in [6.45, 7) is -0.532. The van der Waals surface area contributed by atoms with Crippen molar-refractivity contribution in [2.75, 3.05) is 20.3 Å². The highest BCUT2D eigenvalue weighted by Gasteiger charge is 2.08. The average Bonchev–Trinajstić information content (AvgIpc) is 2.64. The predicted molar refractivity (Wildman–Crippen MR) is 99.4 cm³/mol. The van der Waals surface area contributed by atoms with Crippen molar-refractivity contribution in [1.82, 2.24) is 10.9 Å². The highest BCUT2D eigenvalue weighted by atomic mass is 79.9. The lowest BCUT2D eigenvalue weighted by Crippen LogP contribution is -2.45. The molecule has 0 atom stereocenters. The lowest BCUT2D eigenvalue weighted by Gasteiger charge is -2.10. The normalized spacial score (nSPS) is 9.96. The van der Waals surface area contributed by atoms with Crippen molar-refractivity contribution in [1.29, 1.82) is 0 Å². The number of ether oxygens (including phenoxy) is 3. The third-order valence-corrected chi connectivity index (χ3v) is 3.88. The van der Waals surface area contributed by atoms with Crippen LogP contribution in [0.2, 0.25) is 5.02 Å². The van der Waals surface area contributed by atoms with E-state index >= 15 is 0 Å². The van der Waals surface area contributed by atoms with Crippen molar-refractivity contribution in [3.05, 3.63) is 52.0 Å². The second-order valence-corrected chi connectivity index (χ2v) is 6.21. The number of hydrogen-bond donors (Lipinski definition) is 2. The Labute approximate surface area is 163 Å². The van der Waals surface area contributed by atoms with E-state index < -0.39 is 11.8 Å². The van der Waals surface area contributed by atoms with Crippen LogP contribution in [0, 0.1) is 0 Å². The topological polar surface area (TPSA) is 85.9 Å². The van der Waals surface area contributed by atoms with Crippen LogP contribution in [0.15, 0.2) is 46.9 Å². The van der Waals surface area contributed by atoms with Crippen LogP contribution in [-0.4, -0.2) is 32.1 Å². The van der Waals surface area contributed by atoms with E-state index in [0.29, 0.717) is 26.7 Å². The number of carbonyl (C=O) groups is 2. The second kappa shape index (κ2) is 9.88. The summed E-state index contributed by atoms with van der Waals surface area (Å²) in [5.41, 5.74) is 4.47. The van der Waals surface area contributed by atoms with Gasteiger partial charge in [-0.05, 0) is 58.4 Å². The fourth-order valence-corrected chi connectivity index (χ4v) is 2.57. The highest BCUT2D eigenvalue weighted by Crippen LogP contribution is 2.27. The van der Waals surface area contributed by atoms with Crippen molar-refractivity contribution >= 4 is 39.3 Å². The molecule has 0 saturated carbocycles. The standard InChI is InChI=1S/C17H16BrClN2O5/c1-24-12-3-5-13(6-4-12)25-9-16(22)20-21-17(23)10-26-15-7-2-11(19)8-14(15)18/h2-8H,9-10H2,1H3,(H,20,22)(H,21,23). The van der Waals surface area contributed by atoms with Gasteiger partial charge in [-0.3, -0.25) is 20.4 Å². The van der Waals surface area contributed by atoms with E-state index in [-0.39, 0.29) is 13.2 Å². The molecule has 138 valence electrons. The second-order valence-electron chi connectivity index (χ2n) is 4.92. The number of rotatable bonds is 7. The number of benzene rings is 2. The van der Waals surface area contributed by atoms with Gasteiger partial charge < -0.3 is 14.2 Å². The first kappa shape index (κ1) is 19.9. The number of hydrogen-bond acceptors (Lipinski definition) is 5. The van der Waals surface area contributed by atoms with Crippen molar-refractivity contribution in [2.24, 2.45) is 0 Å². The number of amides is 2. The molecule has 0 bridgehead atoms. The molecule has 2 aromatic rings. The maximum atomic E-state index is 11.7. The molecule has 0 unspecified atom stereocenters. The number of hydrazine groups is 1. The Bertz CT molecular complexity index is 770. The SMILES string of the molecule is COc1ccc(OCC(=O)NNC(=O)COc2ccc(Cl)cc2Br)cc1. The number of nitrogens with one attached hydrogen (secondary N) is 2. The molecule has 2 amide bonds. The molecular formula is C17H16BrClN2O5. The van der Waals surface area contributed by atoms with Crippen molar-refractivity contribution in [3.63, 3.8) is 0 Å². The van der Waals surface area contributed by atoms with E-state index in [9.17, 15) is 9.59 Å². The average molecular weight is 444 g/mol. The summed E-state index contributed by atoms with van der Waals surface area (Å²) >= 11 is 9.10. The summed E-state index contributed by atoms with van der Waals surface area (Å²) in [4.78, 5) is 23.4. The van der Waals surface area contributed by atoms with Gasteiger partial charge in [0, 0.05) is 5.02 Å². The molecule has 0 aliphatic rings. The van der Waals surface area contributed by atoms with E-state index in [1.807, 2.05) is 0 Å². The smallest absolute Gasteiger partial charge is 0.276 e. The van der Waals surface area contributed by atoms with Gasteiger partial charge >= 0.3 is 0 Å². The monoisotopic (exact) mass is 442 g/mol. The van der Waals surface area contributed by atoms with Gasteiger partial charge in [0.15, 0.2) is 13.2 Å². The molecule has 0 saturated heterocycles. The molecular weight excluding hydrogens is 428 g/mol. The van der Waals surface area contributed by atoms with E-state index in [0.717, 1.165) is 0 Å². The summed E-state index contributed by atoms with van der Waals surface area (Å²) in [6, 6.07) is 11.7. The van der Waals surface area contributed by atoms with Crippen LogP contribution in [0.3, 0.4) is 0 Å². The lowest BCUT2D eigenvalue weighted by atomic mass is 10.3. The molecule has 7 nitrogen and oxygen atoms in total. The Kier molecular flexibility index (Phi) is 7.55. The van der Waals surface area contributed by atoms with E-state index in [1.54, 1.807) is 49.6 Å². The van der Waals surface area contributed by atoms with Gasteiger partial charge in [-0.2, -0.15) is 0 Å². The summed E-state index contributed by atoms with van der Waals surface area (Å²) < 4.78 is 16.3. The first-order valence-corrected chi connectivity index (χ1v) is 8.57. The molecule has 0 fully saturated rings. The molecule has 2 rings (SSSR count).